The minimum Gasteiger partial charge on any atom is -0.493 e. The quantitative estimate of drug-likeness (QED) is 0.257. The number of carboxylic acid groups (broad SMARTS) is 1. The maximum Gasteiger partial charge on any atom is 0.352 e. The number of ether oxygens (including phenoxy) is 2. The molecule has 1 aliphatic heterocycles. The van der Waals surface area contributed by atoms with Gasteiger partial charge in [0.15, 0.2) is 0 Å². The van der Waals surface area contributed by atoms with Gasteiger partial charge < -0.3 is 19.1 Å². The topological polar surface area (TPSA) is 78.5 Å². The molecule has 0 atom stereocenters. The fourth-order valence-electron chi connectivity index (χ4n) is 6.73. The van der Waals surface area contributed by atoms with Gasteiger partial charge in [-0.15, -0.1) is 0 Å². The summed E-state index contributed by atoms with van der Waals surface area (Å²) in [6.07, 6.45) is 7.84. The molecule has 2 aromatic heterocycles. The molecule has 0 spiro atoms. The van der Waals surface area contributed by atoms with E-state index in [9.17, 15) is 9.90 Å². The molecule has 1 aliphatic carbocycles. The first kappa shape index (κ1) is 27.5. The van der Waals surface area contributed by atoms with Gasteiger partial charge in [-0.3, -0.25) is 4.68 Å². The van der Waals surface area contributed by atoms with Crippen LogP contribution in [0.4, 0.5) is 4.39 Å². The number of aromatic nitrogens is 3. The molecule has 6 rings (SSSR count). The third-order valence-corrected chi connectivity index (χ3v) is 8.64. The van der Waals surface area contributed by atoms with E-state index < -0.39 is 5.97 Å². The lowest BCUT2D eigenvalue weighted by Gasteiger charge is -2.19. The highest BCUT2D eigenvalue weighted by Crippen LogP contribution is 2.41. The summed E-state index contributed by atoms with van der Waals surface area (Å²) in [7, 11) is 1.86. The van der Waals surface area contributed by atoms with E-state index in [1.165, 1.54) is 30.0 Å². The van der Waals surface area contributed by atoms with E-state index in [4.69, 9.17) is 14.6 Å². The molecule has 41 heavy (non-hydrogen) atoms. The molecular formula is C33H38FN3O4. The van der Waals surface area contributed by atoms with Crippen LogP contribution in [-0.4, -0.2) is 38.6 Å². The molecule has 0 bridgehead atoms. The van der Waals surface area contributed by atoms with E-state index in [2.05, 4.69) is 12.1 Å². The average molecular weight is 560 g/mol. The summed E-state index contributed by atoms with van der Waals surface area (Å²) >= 11 is 0. The fraction of sp³-hybridized carbons (Fsp3) is 0.455. The molecule has 0 fully saturated rings. The molecule has 0 unspecified atom stereocenters. The van der Waals surface area contributed by atoms with Crippen LogP contribution >= 0.6 is 0 Å². The predicted octanol–water partition coefficient (Wildman–Crippen LogP) is 6.64. The monoisotopic (exact) mass is 559 g/mol. The van der Waals surface area contributed by atoms with Crippen molar-refractivity contribution in [2.45, 2.75) is 77.9 Å². The lowest BCUT2D eigenvalue weighted by atomic mass is 9.91. The zero-order chi connectivity index (χ0) is 28.5. The third-order valence-electron chi connectivity index (χ3n) is 8.64. The number of hydrogen-bond donors (Lipinski definition) is 1. The molecule has 0 saturated heterocycles. The molecular weight excluding hydrogens is 521 g/mol. The van der Waals surface area contributed by atoms with Crippen LogP contribution < -0.4 is 4.74 Å². The Balaban J connectivity index is 1.42. The third kappa shape index (κ3) is 5.03. The molecule has 0 radical (unpaired) electrons. The van der Waals surface area contributed by atoms with Crippen molar-refractivity contribution in [3.63, 3.8) is 0 Å². The van der Waals surface area contributed by atoms with Gasteiger partial charge in [0.05, 0.1) is 30.1 Å². The van der Waals surface area contributed by atoms with E-state index in [1.54, 1.807) is 10.7 Å². The molecule has 2 aliphatic rings. The van der Waals surface area contributed by atoms with Crippen molar-refractivity contribution < 1.29 is 23.8 Å². The van der Waals surface area contributed by atoms with Gasteiger partial charge in [-0.05, 0) is 92.7 Å². The molecule has 1 N–H and O–H groups in total. The highest BCUT2D eigenvalue weighted by Gasteiger charge is 2.29. The van der Waals surface area contributed by atoms with Gasteiger partial charge >= 0.3 is 5.97 Å². The second kappa shape index (κ2) is 11.7. The summed E-state index contributed by atoms with van der Waals surface area (Å²) in [4.78, 5) is 12.8. The lowest BCUT2D eigenvalue weighted by Crippen LogP contribution is -2.12. The summed E-state index contributed by atoms with van der Waals surface area (Å²) in [6.45, 7) is 3.84. The number of benzene rings is 2. The van der Waals surface area contributed by atoms with E-state index in [-0.39, 0.29) is 11.5 Å². The van der Waals surface area contributed by atoms with Gasteiger partial charge in [-0.25, -0.2) is 9.18 Å². The van der Waals surface area contributed by atoms with Crippen molar-refractivity contribution in [3.8, 4) is 16.9 Å². The number of halogens is 1. The molecule has 0 amide bonds. The van der Waals surface area contributed by atoms with Gasteiger partial charge in [0.1, 0.15) is 17.3 Å². The highest BCUT2D eigenvalue weighted by molar-refractivity contribution is 6.04. The number of aromatic carboxylic acids is 1. The van der Waals surface area contributed by atoms with Crippen LogP contribution in [0, 0.1) is 5.82 Å². The van der Waals surface area contributed by atoms with Crippen LogP contribution in [0.15, 0.2) is 30.3 Å². The Labute approximate surface area is 239 Å². The summed E-state index contributed by atoms with van der Waals surface area (Å²) in [5, 5.41) is 16.0. The Bertz CT molecular complexity index is 1600. The summed E-state index contributed by atoms with van der Waals surface area (Å²) in [5.74, 6) is -0.422. The average Bonchev–Trinajstić information content (AvgIpc) is 3.45. The van der Waals surface area contributed by atoms with Crippen LogP contribution in [0.5, 0.6) is 5.75 Å². The first-order valence-electron chi connectivity index (χ1n) is 14.9. The van der Waals surface area contributed by atoms with Crippen molar-refractivity contribution >= 4 is 16.9 Å². The Morgan fingerprint density at radius 1 is 1.12 bits per heavy atom. The molecule has 7 nitrogen and oxygen atoms in total. The molecule has 3 heterocycles. The van der Waals surface area contributed by atoms with Crippen molar-refractivity contribution in [3.05, 3.63) is 69.9 Å². The number of fused-ring (bicyclic) bond motifs is 3. The first-order valence-corrected chi connectivity index (χ1v) is 14.9. The Morgan fingerprint density at radius 3 is 2.80 bits per heavy atom. The summed E-state index contributed by atoms with van der Waals surface area (Å²) in [5.41, 5.74) is 7.04. The molecule has 8 heteroatoms. The largest absolute Gasteiger partial charge is 0.493 e. The van der Waals surface area contributed by atoms with Gasteiger partial charge in [0.25, 0.3) is 0 Å². The van der Waals surface area contributed by atoms with E-state index >= 15 is 4.39 Å². The second-order valence-electron chi connectivity index (χ2n) is 11.2. The van der Waals surface area contributed by atoms with Crippen LogP contribution in [0.1, 0.15) is 77.6 Å². The number of rotatable bonds is 7. The van der Waals surface area contributed by atoms with Gasteiger partial charge in [-0.1, -0.05) is 19.1 Å². The number of nitrogens with zero attached hydrogens (tertiary/aromatic N) is 3. The van der Waals surface area contributed by atoms with Crippen molar-refractivity contribution in [1.82, 2.24) is 14.3 Å². The second-order valence-corrected chi connectivity index (χ2v) is 11.2. The fourth-order valence-corrected chi connectivity index (χ4v) is 6.73. The van der Waals surface area contributed by atoms with E-state index in [1.807, 2.05) is 24.6 Å². The van der Waals surface area contributed by atoms with Gasteiger partial charge in [0, 0.05) is 36.7 Å². The van der Waals surface area contributed by atoms with Crippen LogP contribution in [0.3, 0.4) is 0 Å². The molecule has 216 valence electrons. The van der Waals surface area contributed by atoms with Crippen LogP contribution in [0.2, 0.25) is 0 Å². The van der Waals surface area contributed by atoms with E-state index in [0.717, 1.165) is 59.3 Å². The van der Waals surface area contributed by atoms with Crippen molar-refractivity contribution in [2.24, 2.45) is 7.05 Å². The number of hydrogen-bond acceptors (Lipinski definition) is 4. The van der Waals surface area contributed by atoms with Crippen LogP contribution in [-0.2, 0) is 50.6 Å². The van der Waals surface area contributed by atoms with Crippen LogP contribution in [0.25, 0.3) is 22.0 Å². The van der Waals surface area contributed by atoms with Gasteiger partial charge in [-0.2, -0.15) is 5.10 Å². The summed E-state index contributed by atoms with van der Waals surface area (Å²) in [6, 6.07) is 9.51. The zero-order valence-corrected chi connectivity index (χ0v) is 24.0. The highest BCUT2D eigenvalue weighted by atomic mass is 19.1. The minimum atomic E-state index is -0.992. The normalized spacial score (nSPS) is 15.3. The van der Waals surface area contributed by atoms with Crippen molar-refractivity contribution in [2.75, 3.05) is 13.2 Å². The Hall–Kier alpha value is -3.65. The Morgan fingerprint density at radius 2 is 1.98 bits per heavy atom. The minimum absolute atomic E-state index is 0.243. The van der Waals surface area contributed by atoms with Crippen molar-refractivity contribution in [1.29, 1.82) is 0 Å². The zero-order valence-electron chi connectivity index (χ0n) is 24.0. The van der Waals surface area contributed by atoms with E-state index in [0.29, 0.717) is 56.7 Å². The number of aryl methyl sites for hydroxylation is 5. The number of carbonyl (C=O) groups is 1. The molecule has 4 aromatic rings. The summed E-state index contributed by atoms with van der Waals surface area (Å²) < 4.78 is 31.7. The standard InChI is InChI=1S/C33H38FN3O4/c1-3-26-30-27(36(2)35-26)20-40-18-7-6-17-37-31-24(15-16-25(34)29(30)31)23(32(37)33(38)39)13-9-19-41-28-14-8-11-21-10-4-5-12-22(21)28/h8,11,14-16H,3-7,9-10,12-13,17-20H2,1-2H3,(H,38,39). The smallest absolute Gasteiger partial charge is 0.352 e. The maximum atomic E-state index is 15.9. The lowest BCUT2D eigenvalue weighted by molar-refractivity contribution is 0.0683. The maximum absolute atomic E-state index is 15.9. The SMILES string of the molecule is CCc1nn(C)c2c1-c1c(F)ccc3c(CCCOc4cccc5c4CCCC5)c(C(=O)O)n(c13)CCCCOC2. The molecule has 2 aromatic carbocycles. The Kier molecular flexibility index (Phi) is 7.84. The first-order chi connectivity index (χ1) is 20.0. The molecule has 0 saturated carbocycles. The number of carboxylic acids is 1. The van der Waals surface area contributed by atoms with Gasteiger partial charge in [0.2, 0.25) is 0 Å². The predicted molar refractivity (Wildman–Crippen MR) is 156 cm³/mol.